The smallest absolute Gasteiger partial charge is 0.408 e. The van der Waals surface area contributed by atoms with Crippen molar-refractivity contribution in [2.24, 2.45) is 0 Å². The highest BCUT2D eigenvalue weighted by atomic mass is 16.6. The average Bonchev–Trinajstić information content (AvgIpc) is 2.70. The largest absolute Gasteiger partial charge is 0.480 e. The first-order valence-corrected chi connectivity index (χ1v) is 9.75. The van der Waals surface area contributed by atoms with Crippen molar-refractivity contribution in [2.45, 2.75) is 51.9 Å². The predicted octanol–water partition coefficient (Wildman–Crippen LogP) is 2.52. The maximum atomic E-state index is 11.7. The van der Waals surface area contributed by atoms with Crippen LogP contribution in [-0.2, 0) is 35.1 Å². The van der Waals surface area contributed by atoms with Crippen LogP contribution in [0.1, 0.15) is 39.2 Å². The summed E-state index contributed by atoms with van der Waals surface area (Å²) in [4.78, 5) is 34.5. The molecule has 0 radical (unpaired) electrons. The Labute approximate surface area is 176 Å². The second-order valence-corrected chi connectivity index (χ2v) is 7.45. The summed E-state index contributed by atoms with van der Waals surface area (Å²) in [6, 6.07) is 7.92. The molecule has 168 valence electrons. The predicted molar refractivity (Wildman–Crippen MR) is 108 cm³/mol. The van der Waals surface area contributed by atoms with Crippen molar-refractivity contribution < 1.29 is 38.4 Å². The summed E-state index contributed by atoms with van der Waals surface area (Å²) in [6.07, 6.45) is -1.05. The molecule has 0 spiro atoms. The molecule has 1 amide bonds. The van der Waals surface area contributed by atoms with Gasteiger partial charge in [-0.25, -0.2) is 9.59 Å². The summed E-state index contributed by atoms with van der Waals surface area (Å²) in [5.74, 6) is -1.77. The highest BCUT2D eigenvalue weighted by Crippen LogP contribution is 2.09. The number of rotatable bonds is 7. The Balaban J connectivity index is 0.000000637. The summed E-state index contributed by atoms with van der Waals surface area (Å²) in [6.45, 7) is 8.24. The number of aliphatic carboxylic acids is 1. The molecule has 9 nitrogen and oxygen atoms in total. The first-order valence-electron chi connectivity index (χ1n) is 9.75. The van der Waals surface area contributed by atoms with Gasteiger partial charge in [0, 0.05) is 6.42 Å². The van der Waals surface area contributed by atoms with Crippen LogP contribution in [-0.4, -0.2) is 61.2 Å². The highest BCUT2D eigenvalue weighted by molar-refractivity contribution is 5.80. The topological polar surface area (TPSA) is 120 Å². The molecule has 1 aromatic rings. The number of amides is 1. The molecule has 30 heavy (non-hydrogen) atoms. The fraction of sp³-hybridized carbons (Fsp3) is 0.571. The van der Waals surface area contributed by atoms with E-state index < -0.39 is 29.7 Å². The third-order valence-corrected chi connectivity index (χ3v) is 3.61. The van der Waals surface area contributed by atoms with E-state index in [0.29, 0.717) is 0 Å². The Hall–Kier alpha value is -2.65. The molecule has 1 saturated heterocycles. The van der Waals surface area contributed by atoms with E-state index in [4.69, 9.17) is 24.1 Å². The van der Waals surface area contributed by atoms with Crippen LogP contribution in [0, 0.1) is 0 Å². The van der Waals surface area contributed by atoms with Gasteiger partial charge in [-0.15, -0.1) is 0 Å². The third kappa shape index (κ3) is 12.7. The second-order valence-electron chi connectivity index (χ2n) is 7.45. The maximum absolute atomic E-state index is 11.7. The number of ether oxygens (including phenoxy) is 4. The molecule has 0 aliphatic carbocycles. The van der Waals surface area contributed by atoms with Crippen LogP contribution in [0.5, 0.6) is 0 Å². The summed E-state index contributed by atoms with van der Waals surface area (Å²) < 4.78 is 20.0. The van der Waals surface area contributed by atoms with E-state index in [0.717, 1.165) is 32.0 Å². The second kappa shape index (κ2) is 13.6. The summed E-state index contributed by atoms with van der Waals surface area (Å²) >= 11 is 0. The summed E-state index contributed by atoms with van der Waals surface area (Å²) in [5.41, 5.74) is 0.106. The van der Waals surface area contributed by atoms with Crippen molar-refractivity contribution in [1.29, 1.82) is 0 Å². The average molecular weight is 425 g/mol. The van der Waals surface area contributed by atoms with E-state index in [1.807, 2.05) is 30.3 Å². The number of hydrogen-bond acceptors (Lipinski definition) is 7. The Bertz CT molecular complexity index is 641. The minimum atomic E-state index is -1.24. The Kier molecular flexibility index (Phi) is 11.5. The number of nitrogens with one attached hydrogen (secondary N) is 1. The number of hydrogen-bond donors (Lipinski definition) is 2. The lowest BCUT2D eigenvalue weighted by molar-refractivity contribution is -0.145. The van der Waals surface area contributed by atoms with Crippen LogP contribution < -0.4 is 5.32 Å². The molecular weight excluding hydrogens is 394 g/mol. The van der Waals surface area contributed by atoms with Crippen molar-refractivity contribution in [1.82, 2.24) is 5.32 Å². The fourth-order valence-corrected chi connectivity index (χ4v) is 2.22. The van der Waals surface area contributed by atoms with Gasteiger partial charge in [0.25, 0.3) is 0 Å². The van der Waals surface area contributed by atoms with E-state index in [9.17, 15) is 14.4 Å². The standard InChI is InChI=1S/C17H23NO6.C4H8O2/c1-17(2,3)24-16(22)18-13(15(20)21)9-10-14(19)23-11-12-7-5-4-6-8-12;1-2-6-4-3-5-1/h4-8,13H,9-11H2,1-3H3,(H,18,22)(H,20,21);1-4H2. The van der Waals surface area contributed by atoms with E-state index in [-0.39, 0.29) is 19.4 Å². The van der Waals surface area contributed by atoms with Gasteiger partial charge in [-0.3, -0.25) is 4.79 Å². The van der Waals surface area contributed by atoms with Crippen molar-refractivity contribution >= 4 is 18.0 Å². The van der Waals surface area contributed by atoms with E-state index in [1.165, 1.54) is 0 Å². The van der Waals surface area contributed by atoms with E-state index >= 15 is 0 Å². The van der Waals surface area contributed by atoms with Crippen molar-refractivity contribution in [3.63, 3.8) is 0 Å². The molecule has 0 aromatic heterocycles. The number of carboxylic acid groups (broad SMARTS) is 1. The van der Waals surface area contributed by atoms with Crippen LogP contribution in [0.3, 0.4) is 0 Å². The van der Waals surface area contributed by atoms with Gasteiger partial charge in [-0.1, -0.05) is 30.3 Å². The van der Waals surface area contributed by atoms with Crippen LogP contribution in [0.2, 0.25) is 0 Å². The van der Waals surface area contributed by atoms with Crippen LogP contribution in [0.4, 0.5) is 4.79 Å². The van der Waals surface area contributed by atoms with Crippen LogP contribution in [0.15, 0.2) is 30.3 Å². The minimum absolute atomic E-state index is 0.0812. The van der Waals surface area contributed by atoms with Crippen LogP contribution in [0.25, 0.3) is 0 Å². The number of carbonyl (C=O) groups is 3. The van der Waals surface area contributed by atoms with E-state index in [2.05, 4.69) is 5.32 Å². The first kappa shape index (κ1) is 25.4. The first-order chi connectivity index (χ1) is 14.2. The molecule has 1 unspecified atom stereocenters. The molecule has 1 aromatic carbocycles. The molecule has 1 aliphatic heterocycles. The molecule has 9 heteroatoms. The monoisotopic (exact) mass is 425 g/mol. The number of carbonyl (C=O) groups excluding carboxylic acids is 2. The molecule has 0 saturated carbocycles. The van der Waals surface area contributed by atoms with Gasteiger partial charge < -0.3 is 29.4 Å². The zero-order chi connectivity index (χ0) is 22.4. The van der Waals surface area contributed by atoms with Gasteiger partial charge in [0.2, 0.25) is 0 Å². The SMILES string of the molecule is C1COCCO1.CC(C)(C)OC(=O)NC(CCC(=O)OCc1ccccc1)C(=O)O. The molecule has 1 atom stereocenters. The highest BCUT2D eigenvalue weighted by Gasteiger charge is 2.24. The van der Waals surface area contributed by atoms with Crippen molar-refractivity contribution in [3.8, 4) is 0 Å². The molecule has 2 N–H and O–H groups in total. The van der Waals surface area contributed by atoms with Crippen LogP contribution >= 0.6 is 0 Å². The molecule has 1 aliphatic rings. The van der Waals surface area contributed by atoms with Crippen molar-refractivity contribution in [2.75, 3.05) is 26.4 Å². The molecular formula is C21H31NO8. The van der Waals surface area contributed by atoms with Gasteiger partial charge in [0.15, 0.2) is 0 Å². The zero-order valence-corrected chi connectivity index (χ0v) is 17.7. The zero-order valence-electron chi connectivity index (χ0n) is 17.7. The maximum Gasteiger partial charge on any atom is 0.408 e. The summed E-state index contributed by atoms with van der Waals surface area (Å²) in [7, 11) is 0. The minimum Gasteiger partial charge on any atom is -0.480 e. The quantitative estimate of drug-likeness (QED) is 0.640. The lowest BCUT2D eigenvalue weighted by Gasteiger charge is -2.21. The van der Waals surface area contributed by atoms with Gasteiger partial charge >= 0.3 is 18.0 Å². The number of carboxylic acids is 1. The van der Waals surface area contributed by atoms with Gasteiger partial charge in [0.05, 0.1) is 26.4 Å². The van der Waals surface area contributed by atoms with Gasteiger partial charge in [-0.05, 0) is 32.8 Å². The van der Waals surface area contributed by atoms with E-state index in [1.54, 1.807) is 20.8 Å². The number of benzene rings is 1. The Morgan fingerprint density at radius 2 is 1.63 bits per heavy atom. The molecule has 1 heterocycles. The van der Waals surface area contributed by atoms with Crippen molar-refractivity contribution in [3.05, 3.63) is 35.9 Å². The normalized spacial score (nSPS) is 14.5. The Morgan fingerprint density at radius 3 is 2.10 bits per heavy atom. The molecule has 0 bridgehead atoms. The van der Waals surface area contributed by atoms with Gasteiger partial charge in [0.1, 0.15) is 18.2 Å². The third-order valence-electron chi connectivity index (χ3n) is 3.61. The fourth-order valence-electron chi connectivity index (χ4n) is 2.22. The van der Waals surface area contributed by atoms with Gasteiger partial charge in [-0.2, -0.15) is 0 Å². The molecule has 1 fully saturated rings. The summed E-state index contributed by atoms with van der Waals surface area (Å²) in [5, 5.41) is 11.4. The number of esters is 1. The molecule has 2 rings (SSSR count). The number of alkyl carbamates (subject to hydrolysis) is 1. The lowest BCUT2D eigenvalue weighted by Crippen LogP contribution is -2.43. The lowest BCUT2D eigenvalue weighted by atomic mass is 10.1. The Morgan fingerprint density at radius 1 is 1.07 bits per heavy atom.